The number of hydrogen-bond donors (Lipinski definition) is 1. The number of carbonyl (C=O) groups excluding carboxylic acids is 2. The molecule has 10 heteroatoms. The largest absolute Gasteiger partial charge is 0.507 e. The fourth-order valence-corrected chi connectivity index (χ4v) is 4.10. The lowest BCUT2D eigenvalue weighted by Crippen LogP contribution is -2.33. The molecule has 1 aliphatic rings. The van der Waals surface area contributed by atoms with Crippen molar-refractivity contribution < 1.29 is 33.8 Å². The van der Waals surface area contributed by atoms with Gasteiger partial charge in [-0.3, -0.25) is 19.7 Å². The van der Waals surface area contributed by atoms with E-state index in [0.29, 0.717) is 22.8 Å². The first-order chi connectivity index (χ1) is 17.8. The van der Waals surface area contributed by atoms with E-state index in [1.165, 1.54) is 36.3 Å². The number of carbonyl (C=O) groups is 2. The van der Waals surface area contributed by atoms with E-state index in [9.17, 15) is 24.8 Å². The summed E-state index contributed by atoms with van der Waals surface area (Å²) in [7, 11) is 3.05. The number of methoxy groups -OCH3 is 2. The number of nitrogens with zero attached hydrogens (tertiary/aromatic N) is 2. The highest BCUT2D eigenvalue weighted by Crippen LogP contribution is 2.40. The van der Waals surface area contributed by atoms with Crippen molar-refractivity contribution >= 4 is 23.1 Å². The minimum absolute atomic E-state index is 0.0511. The second-order valence-corrected chi connectivity index (χ2v) is 8.10. The predicted molar refractivity (Wildman–Crippen MR) is 134 cm³/mol. The van der Waals surface area contributed by atoms with E-state index < -0.39 is 28.4 Å². The summed E-state index contributed by atoms with van der Waals surface area (Å²) in [6.45, 7) is 0.132. The number of aliphatic hydroxyl groups is 1. The molecule has 3 aromatic rings. The lowest BCUT2D eigenvalue weighted by Gasteiger charge is -2.25. The van der Waals surface area contributed by atoms with Gasteiger partial charge in [0.1, 0.15) is 29.6 Å². The third-order valence-corrected chi connectivity index (χ3v) is 5.96. The number of likely N-dealkylation sites (tertiary alicyclic amines) is 1. The first-order valence-corrected chi connectivity index (χ1v) is 11.3. The Labute approximate surface area is 212 Å². The molecule has 1 aliphatic heterocycles. The van der Waals surface area contributed by atoms with Gasteiger partial charge in [0.25, 0.3) is 17.4 Å². The highest BCUT2D eigenvalue weighted by molar-refractivity contribution is 6.46. The molecule has 0 aliphatic carbocycles. The number of non-ortho nitro benzene ring substituents is 1. The Morgan fingerprint density at radius 3 is 2.22 bits per heavy atom. The maximum atomic E-state index is 13.1. The van der Waals surface area contributed by atoms with Gasteiger partial charge in [0.15, 0.2) is 0 Å². The summed E-state index contributed by atoms with van der Waals surface area (Å²) in [5, 5.41) is 22.1. The van der Waals surface area contributed by atoms with Gasteiger partial charge >= 0.3 is 0 Å². The smallest absolute Gasteiger partial charge is 0.295 e. The molecule has 0 saturated carbocycles. The summed E-state index contributed by atoms with van der Waals surface area (Å²) in [6, 6.07) is 17.9. The van der Waals surface area contributed by atoms with Gasteiger partial charge in [-0.1, -0.05) is 12.1 Å². The Balaban J connectivity index is 1.69. The molecular formula is C27H24N2O8. The van der Waals surface area contributed by atoms with Crippen molar-refractivity contribution in [3.8, 4) is 17.2 Å². The third-order valence-electron chi connectivity index (χ3n) is 5.96. The summed E-state index contributed by atoms with van der Waals surface area (Å²) in [6.07, 6.45) is 0. The lowest BCUT2D eigenvalue weighted by molar-refractivity contribution is -0.384. The Morgan fingerprint density at radius 1 is 0.946 bits per heavy atom. The third kappa shape index (κ3) is 5.22. The Hall–Kier alpha value is -4.86. The number of Topliss-reactive ketones (excluding diaryl/α,β-unsaturated/α-hetero) is 1. The molecule has 4 rings (SSSR count). The average molecular weight is 504 g/mol. The maximum Gasteiger partial charge on any atom is 0.295 e. The summed E-state index contributed by atoms with van der Waals surface area (Å²) in [5.41, 5.74) is 0.422. The second-order valence-electron chi connectivity index (χ2n) is 8.10. The van der Waals surface area contributed by atoms with E-state index >= 15 is 0 Å². The number of ketones is 1. The summed E-state index contributed by atoms with van der Waals surface area (Å²) >= 11 is 0. The number of aliphatic hydroxyl groups excluding tert-OH is 1. The number of hydrogen-bond acceptors (Lipinski definition) is 8. The molecule has 3 aromatic carbocycles. The molecule has 0 radical (unpaired) electrons. The van der Waals surface area contributed by atoms with Crippen molar-refractivity contribution in [2.24, 2.45) is 0 Å². The Kier molecular flexibility index (Phi) is 7.38. The standard InChI is InChI=1S/C27H24N2O8/c1-35-20-10-12-21(13-11-20)37-15-14-28-24(18-4-3-5-22(16-18)36-2)23(26(31)27(28)32)25(30)17-6-8-19(9-7-17)29(33)34/h3-13,16,24,30H,14-15H2,1-2H3/b25-23-. The van der Waals surface area contributed by atoms with Gasteiger partial charge in [0, 0.05) is 17.7 Å². The molecule has 0 bridgehead atoms. The predicted octanol–water partition coefficient (Wildman–Crippen LogP) is 4.11. The molecule has 10 nitrogen and oxygen atoms in total. The van der Waals surface area contributed by atoms with Gasteiger partial charge in [0.2, 0.25) is 0 Å². The zero-order valence-corrected chi connectivity index (χ0v) is 20.1. The van der Waals surface area contributed by atoms with E-state index in [-0.39, 0.29) is 30.0 Å². The maximum absolute atomic E-state index is 13.1. The van der Waals surface area contributed by atoms with Gasteiger partial charge in [-0.25, -0.2) is 0 Å². The zero-order valence-electron chi connectivity index (χ0n) is 20.1. The molecule has 37 heavy (non-hydrogen) atoms. The Morgan fingerprint density at radius 2 is 1.59 bits per heavy atom. The van der Waals surface area contributed by atoms with Gasteiger partial charge in [-0.15, -0.1) is 0 Å². The van der Waals surface area contributed by atoms with E-state index in [0.717, 1.165) is 0 Å². The van der Waals surface area contributed by atoms with Crippen molar-refractivity contribution in [2.45, 2.75) is 6.04 Å². The average Bonchev–Trinajstić information content (AvgIpc) is 3.18. The molecule has 1 atom stereocenters. The zero-order chi connectivity index (χ0) is 26.5. The fraction of sp³-hybridized carbons (Fsp3) is 0.185. The highest BCUT2D eigenvalue weighted by atomic mass is 16.6. The number of rotatable bonds is 9. The molecule has 1 heterocycles. The van der Waals surface area contributed by atoms with E-state index in [1.807, 2.05) is 0 Å². The molecule has 1 amide bonds. The van der Waals surface area contributed by atoms with Gasteiger partial charge < -0.3 is 24.2 Å². The minimum atomic E-state index is -0.926. The van der Waals surface area contributed by atoms with Crippen molar-refractivity contribution in [1.82, 2.24) is 4.90 Å². The first kappa shape index (κ1) is 25.2. The molecular weight excluding hydrogens is 480 g/mol. The molecule has 190 valence electrons. The quantitative estimate of drug-likeness (QED) is 0.152. The normalized spacial score (nSPS) is 16.5. The molecule has 1 unspecified atom stereocenters. The highest BCUT2D eigenvalue weighted by Gasteiger charge is 2.46. The van der Waals surface area contributed by atoms with Crippen LogP contribution in [0.1, 0.15) is 17.2 Å². The van der Waals surface area contributed by atoms with Crippen LogP contribution in [-0.4, -0.2) is 54.0 Å². The fourth-order valence-electron chi connectivity index (χ4n) is 4.10. The van der Waals surface area contributed by atoms with E-state index in [2.05, 4.69) is 0 Å². The van der Waals surface area contributed by atoms with Crippen LogP contribution in [0.2, 0.25) is 0 Å². The first-order valence-electron chi connectivity index (χ1n) is 11.3. The Bertz CT molecular complexity index is 1350. The van der Waals surface area contributed by atoms with E-state index in [1.54, 1.807) is 55.6 Å². The molecule has 1 saturated heterocycles. The second kappa shape index (κ2) is 10.8. The van der Waals surface area contributed by atoms with Crippen LogP contribution in [0, 0.1) is 10.1 Å². The van der Waals surface area contributed by atoms with Crippen molar-refractivity contribution in [3.63, 3.8) is 0 Å². The topological polar surface area (TPSA) is 128 Å². The minimum Gasteiger partial charge on any atom is -0.507 e. The summed E-state index contributed by atoms with van der Waals surface area (Å²) in [4.78, 5) is 38.0. The van der Waals surface area contributed by atoms with Crippen LogP contribution in [0.15, 0.2) is 78.4 Å². The molecule has 0 aromatic heterocycles. The number of nitro benzene ring substituents is 1. The summed E-state index contributed by atoms with van der Waals surface area (Å²) < 4.78 is 16.2. The lowest BCUT2D eigenvalue weighted by atomic mass is 9.95. The van der Waals surface area contributed by atoms with Crippen LogP contribution >= 0.6 is 0 Å². The van der Waals surface area contributed by atoms with Crippen molar-refractivity contribution in [3.05, 3.63) is 99.6 Å². The molecule has 0 spiro atoms. The SMILES string of the molecule is COc1ccc(OCCN2C(=O)C(=O)/C(=C(\O)c3ccc([N+](=O)[O-])cc3)C2c2cccc(OC)c2)cc1. The monoisotopic (exact) mass is 504 g/mol. The summed E-state index contributed by atoms with van der Waals surface area (Å²) in [5.74, 6) is -0.362. The van der Waals surface area contributed by atoms with E-state index in [4.69, 9.17) is 14.2 Å². The number of amides is 1. The van der Waals surface area contributed by atoms with Crippen LogP contribution in [0.3, 0.4) is 0 Å². The number of ether oxygens (including phenoxy) is 3. The van der Waals surface area contributed by atoms with Crippen LogP contribution in [-0.2, 0) is 9.59 Å². The van der Waals surface area contributed by atoms with Gasteiger partial charge in [-0.05, 0) is 54.1 Å². The number of benzene rings is 3. The molecule has 1 N–H and O–H groups in total. The molecule has 1 fully saturated rings. The van der Waals surface area contributed by atoms with Crippen LogP contribution < -0.4 is 14.2 Å². The van der Waals surface area contributed by atoms with Crippen molar-refractivity contribution in [2.75, 3.05) is 27.4 Å². The van der Waals surface area contributed by atoms with Crippen molar-refractivity contribution in [1.29, 1.82) is 0 Å². The van der Waals surface area contributed by atoms with Crippen LogP contribution in [0.25, 0.3) is 5.76 Å². The van der Waals surface area contributed by atoms with Crippen LogP contribution in [0.4, 0.5) is 5.69 Å². The number of nitro groups is 1. The van der Waals surface area contributed by atoms with Crippen LogP contribution in [0.5, 0.6) is 17.2 Å². The van der Waals surface area contributed by atoms with Gasteiger partial charge in [0.05, 0.1) is 37.3 Å². The van der Waals surface area contributed by atoms with Gasteiger partial charge in [-0.2, -0.15) is 0 Å².